The summed E-state index contributed by atoms with van der Waals surface area (Å²) in [5.41, 5.74) is 7.61. The van der Waals surface area contributed by atoms with E-state index in [2.05, 4.69) is 20.6 Å². The maximum Gasteiger partial charge on any atom is 0.256 e. The lowest BCUT2D eigenvalue weighted by Crippen LogP contribution is -2.23. The molecular weight excluding hydrogens is 396 g/mol. The second kappa shape index (κ2) is 8.80. The van der Waals surface area contributed by atoms with Crippen molar-refractivity contribution < 1.29 is 9.21 Å². The average Bonchev–Trinajstić information content (AvgIpc) is 3.30. The first-order valence-corrected chi connectivity index (χ1v) is 9.82. The van der Waals surface area contributed by atoms with Crippen LogP contribution < -0.4 is 21.9 Å². The fraction of sp³-hybridized carbons (Fsp3) is 0.182. The molecule has 0 unspecified atom stereocenters. The van der Waals surface area contributed by atoms with Crippen LogP contribution in [0.5, 0.6) is 0 Å². The first-order valence-electron chi connectivity index (χ1n) is 9.82. The van der Waals surface area contributed by atoms with Crippen LogP contribution in [0.4, 0.5) is 5.95 Å². The summed E-state index contributed by atoms with van der Waals surface area (Å²) in [6.07, 6.45) is 1.56. The molecule has 31 heavy (non-hydrogen) atoms. The Morgan fingerprint density at radius 3 is 2.65 bits per heavy atom. The Morgan fingerprint density at radius 2 is 1.94 bits per heavy atom. The molecule has 0 radical (unpaired) electrons. The van der Waals surface area contributed by atoms with Crippen LogP contribution in [0.2, 0.25) is 0 Å². The summed E-state index contributed by atoms with van der Waals surface area (Å²) in [6.45, 7) is 3.11. The topological polar surface area (TPSA) is 128 Å². The van der Waals surface area contributed by atoms with Crippen molar-refractivity contribution in [3.05, 3.63) is 82.2 Å². The molecule has 0 saturated heterocycles. The minimum Gasteiger partial charge on any atom is -0.467 e. The molecule has 0 saturated carbocycles. The van der Waals surface area contributed by atoms with Crippen LogP contribution in [0.15, 0.2) is 64.0 Å². The van der Waals surface area contributed by atoms with Crippen LogP contribution in [-0.2, 0) is 6.54 Å². The van der Waals surface area contributed by atoms with Gasteiger partial charge in [-0.15, -0.1) is 0 Å². The van der Waals surface area contributed by atoms with E-state index in [0.717, 1.165) is 11.1 Å². The average molecular weight is 418 g/mol. The van der Waals surface area contributed by atoms with E-state index in [-0.39, 0.29) is 11.5 Å². The van der Waals surface area contributed by atoms with Crippen molar-refractivity contribution in [3.8, 4) is 5.69 Å². The number of anilines is 1. The van der Waals surface area contributed by atoms with Gasteiger partial charge >= 0.3 is 0 Å². The minimum absolute atomic E-state index is 0.231. The number of hydrogen-bond donors (Lipinski definition) is 3. The first kappa shape index (κ1) is 20.3. The van der Waals surface area contributed by atoms with Gasteiger partial charge in [0.15, 0.2) is 5.65 Å². The molecule has 4 aromatic rings. The summed E-state index contributed by atoms with van der Waals surface area (Å²) in [6, 6.07) is 13.5. The Balaban J connectivity index is 1.66. The summed E-state index contributed by atoms with van der Waals surface area (Å²) < 4.78 is 6.72. The van der Waals surface area contributed by atoms with Crippen molar-refractivity contribution in [2.24, 2.45) is 5.73 Å². The van der Waals surface area contributed by atoms with Crippen LogP contribution in [-0.4, -0.2) is 33.5 Å². The van der Waals surface area contributed by atoms with Gasteiger partial charge in [-0.25, -0.2) is 4.98 Å². The molecule has 0 aliphatic rings. The van der Waals surface area contributed by atoms with E-state index < -0.39 is 0 Å². The molecule has 4 rings (SSSR count). The number of amides is 1. The quantitative estimate of drug-likeness (QED) is 0.419. The Hall–Kier alpha value is -3.98. The zero-order valence-electron chi connectivity index (χ0n) is 17.0. The Kier molecular flexibility index (Phi) is 5.76. The van der Waals surface area contributed by atoms with Gasteiger partial charge in [-0.1, -0.05) is 0 Å². The number of hydrogen-bond acceptors (Lipinski definition) is 7. The number of aryl methyl sites for hydroxylation is 1. The van der Waals surface area contributed by atoms with E-state index in [1.807, 2.05) is 6.92 Å². The number of carbonyl (C=O) groups is 1. The number of pyridine rings is 1. The van der Waals surface area contributed by atoms with Crippen LogP contribution in [0.3, 0.4) is 0 Å². The second-order valence-corrected chi connectivity index (χ2v) is 6.90. The van der Waals surface area contributed by atoms with Crippen molar-refractivity contribution in [3.63, 3.8) is 0 Å². The van der Waals surface area contributed by atoms with Gasteiger partial charge in [-0.3, -0.25) is 14.2 Å². The van der Waals surface area contributed by atoms with Crippen molar-refractivity contribution in [2.75, 3.05) is 18.4 Å². The molecule has 0 atom stereocenters. The number of nitrogens with zero attached hydrogens (tertiary/aromatic N) is 3. The van der Waals surface area contributed by atoms with E-state index in [9.17, 15) is 9.59 Å². The maximum atomic E-state index is 12.7. The predicted octanol–water partition coefficient (Wildman–Crippen LogP) is 1.98. The van der Waals surface area contributed by atoms with Crippen molar-refractivity contribution in [1.82, 2.24) is 19.9 Å². The van der Waals surface area contributed by atoms with Gasteiger partial charge < -0.3 is 20.8 Å². The number of benzene rings is 1. The summed E-state index contributed by atoms with van der Waals surface area (Å²) >= 11 is 0. The smallest absolute Gasteiger partial charge is 0.256 e. The third-order valence-electron chi connectivity index (χ3n) is 4.76. The van der Waals surface area contributed by atoms with E-state index in [1.165, 1.54) is 10.6 Å². The fourth-order valence-corrected chi connectivity index (χ4v) is 3.22. The highest BCUT2D eigenvalue weighted by atomic mass is 16.3. The van der Waals surface area contributed by atoms with E-state index in [1.54, 1.807) is 48.7 Å². The van der Waals surface area contributed by atoms with Gasteiger partial charge in [0.1, 0.15) is 5.76 Å². The minimum atomic E-state index is -0.236. The summed E-state index contributed by atoms with van der Waals surface area (Å²) in [7, 11) is 0. The largest absolute Gasteiger partial charge is 0.467 e. The highest BCUT2D eigenvalue weighted by Crippen LogP contribution is 2.19. The molecule has 0 aliphatic carbocycles. The third-order valence-corrected chi connectivity index (χ3v) is 4.76. The van der Waals surface area contributed by atoms with E-state index >= 15 is 0 Å². The Morgan fingerprint density at radius 1 is 1.13 bits per heavy atom. The first-order chi connectivity index (χ1) is 15.1. The predicted molar refractivity (Wildman–Crippen MR) is 117 cm³/mol. The van der Waals surface area contributed by atoms with Crippen molar-refractivity contribution in [2.45, 2.75) is 13.5 Å². The molecule has 0 fully saturated rings. The standard InChI is InChI=1S/C22H22N6O3/c1-14-18-8-9-19(29)28(20(18)27-22(26-14)24-11-10-23)16-6-4-15(5-7-16)21(30)25-13-17-3-2-12-31-17/h2-9,12H,10-11,13,23H2,1H3,(H,25,30)(H,24,26,27). The summed E-state index contributed by atoms with van der Waals surface area (Å²) in [4.78, 5) is 34.0. The van der Waals surface area contributed by atoms with E-state index in [0.29, 0.717) is 48.2 Å². The molecule has 158 valence electrons. The molecule has 1 amide bonds. The number of nitrogens with one attached hydrogen (secondary N) is 2. The molecule has 1 aromatic carbocycles. The molecule has 0 aliphatic heterocycles. The van der Waals surface area contributed by atoms with Crippen molar-refractivity contribution in [1.29, 1.82) is 0 Å². The molecule has 3 aromatic heterocycles. The number of furan rings is 1. The molecular formula is C22H22N6O3. The van der Waals surface area contributed by atoms with Gasteiger partial charge in [-0.05, 0) is 49.4 Å². The van der Waals surface area contributed by atoms with Gasteiger partial charge in [0, 0.05) is 30.1 Å². The van der Waals surface area contributed by atoms with Gasteiger partial charge in [0.25, 0.3) is 11.5 Å². The number of rotatable bonds is 7. The highest BCUT2D eigenvalue weighted by Gasteiger charge is 2.13. The van der Waals surface area contributed by atoms with Crippen molar-refractivity contribution >= 4 is 22.9 Å². The van der Waals surface area contributed by atoms with Crippen LogP contribution in [0.1, 0.15) is 21.8 Å². The maximum absolute atomic E-state index is 12.7. The lowest BCUT2D eigenvalue weighted by atomic mass is 10.1. The third kappa shape index (κ3) is 4.31. The summed E-state index contributed by atoms with van der Waals surface area (Å²) in [5, 5.41) is 6.61. The van der Waals surface area contributed by atoms with Crippen LogP contribution >= 0.6 is 0 Å². The molecule has 9 nitrogen and oxygen atoms in total. The van der Waals surface area contributed by atoms with Gasteiger partial charge in [-0.2, -0.15) is 4.98 Å². The molecule has 4 N–H and O–H groups in total. The molecule has 3 heterocycles. The molecule has 0 spiro atoms. The fourth-order valence-electron chi connectivity index (χ4n) is 3.22. The number of carbonyl (C=O) groups excluding carboxylic acids is 1. The van der Waals surface area contributed by atoms with Gasteiger partial charge in [0.05, 0.1) is 24.2 Å². The zero-order chi connectivity index (χ0) is 21.8. The number of nitrogens with two attached hydrogens (primary N) is 1. The molecule has 0 bridgehead atoms. The SMILES string of the molecule is Cc1nc(NCCN)nc2c1ccc(=O)n2-c1ccc(C(=O)NCc2ccco2)cc1. The van der Waals surface area contributed by atoms with Crippen LogP contribution in [0.25, 0.3) is 16.7 Å². The number of aromatic nitrogens is 3. The summed E-state index contributed by atoms with van der Waals surface area (Å²) in [5.74, 6) is 0.838. The number of fused-ring (bicyclic) bond motifs is 1. The Labute approximate surface area is 177 Å². The lowest BCUT2D eigenvalue weighted by molar-refractivity contribution is 0.0948. The Bertz CT molecular complexity index is 1260. The lowest BCUT2D eigenvalue weighted by Gasteiger charge is -2.13. The van der Waals surface area contributed by atoms with Gasteiger partial charge in [0.2, 0.25) is 5.95 Å². The monoisotopic (exact) mass is 418 g/mol. The van der Waals surface area contributed by atoms with E-state index in [4.69, 9.17) is 10.2 Å². The second-order valence-electron chi connectivity index (χ2n) is 6.90. The highest BCUT2D eigenvalue weighted by molar-refractivity contribution is 5.94. The normalized spacial score (nSPS) is 10.9. The zero-order valence-corrected chi connectivity index (χ0v) is 17.0. The molecule has 9 heteroatoms. The van der Waals surface area contributed by atoms with Crippen LogP contribution in [0, 0.1) is 6.92 Å².